The van der Waals surface area contributed by atoms with Gasteiger partial charge in [-0.2, -0.15) is 0 Å². The van der Waals surface area contributed by atoms with Gasteiger partial charge in [-0.15, -0.1) is 0 Å². The highest BCUT2D eigenvalue weighted by atomic mass is 35.5. The molecule has 1 rings (SSSR count). The summed E-state index contributed by atoms with van der Waals surface area (Å²) in [6, 6.07) is 2.56. The second kappa shape index (κ2) is 6.62. The number of rotatable bonds is 5. The molecule has 6 nitrogen and oxygen atoms in total. The van der Waals surface area contributed by atoms with Crippen LogP contribution in [-0.4, -0.2) is 39.4 Å². The zero-order chi connectivity index (χ0) is 15.5. The summed E-state index contributed by atoms with van der Waals surface area (Å²) in [4.78, 5) is 12.7. The molecule has 0 spiro atoms. The fraction of sp³-hybridized carbons (Fsp3) is 0.364. The molecule has 0 bridgehead atoms. The van der Waals surface area contributed by atoms with Crippen molar-refractivity contribution < 1.29 is 13.2 Å². The van der Waals surface area contributed by atoms with Crippen molar-refractivity contribution in [3.05, 3.63) is 22.2 Å². The van der Waals surface area contributed by atoms with Crippen LogP contribution in [0, 0.1) is 0 Å². The molecule has 0 saturated carbocycles. The summed E-state index contributed by atoms with van der Waals surface area (Å²) in [5, 5.41) is -0.197. The van der Waals surface area contributed by atoms with E-state index in [9.17, 15) is 13.2 Å². The van der Waals surface area contributed by atoms with Crippen LogP contribution < -0.4 is 10.5 Å². The Balaban J connectivity index is 2.99. The Hall–Kier alpha value is -1.02. The van der Waals surface area contributed by atoms with Crippen LogP contribution in [0.15, 0.2) is 17.0 Å². The summed E-state index contributed by atoms with van der Waals surface area (Å²) in [7, 11) is -2.42. The van der Waals surface area contributed by atoms with E-state index in [2.05, 4.69) is 4.72 Å². The molecule has 0 unspecified atom stereocenters. The molecule has 0 fully saturated rings. The largest absolute Gasteiger partial charge is 0.399 e. The molecule has 0 atom stereocenters. The first-order chi connectivity index (χ1) is 9.19. The SMILES string of the molecule is CCN(C)C(=O)CNS(=O)(=O)c1c(Cl)cc(N)cc1Cl. The molecule has 0 aliphatic carbocycles. The fourth-order valence-corrected chi connectivity index (χ4v) is 3.58. The quantitative estimate of drug-likeness (QED) is 0.791. The van der Waals surface area contributed by atoms with Crippen LogP contribution in [0.25, 0.3) is 0 Å². The van der Waals surface area contributed by atoms with Gasteiger partial charge < -0.3 is 10.6 Å². The summed E-state index contributed by atoms with van der Waals surface area (Å²) in [5.41, 5.74) is 5.76. The molecule has 1 aromatic rings. The Morgan fingerprint density at radius 2 is 1.85 bits per heavy atom. The van der Waals surface area contributed by atoms with E-state index in [1.165, 1.54) is 17.0 Å². The highest BCUT2D eigenvalue weighted by Gasteiger charge is 2.23. The Kier molecular flexibility index (Phi) is 5.64. The first kappa shape index (κ1) is 17.0. The molecule has 1 amide bonds. The molecular formula is C11H15Cl2N3O3S. The van der Waals surface area contributed by atoms with Gasteiger partial charge in [-0.25, -0.2) is 13.1 Å². The molecule has 20 heavy (non-hydrogen) atoms. The van der Waals surface area contributed by atoms with Crippen molar-refractivity contribution in [2.45, 2.75) is 11.8 Å². The van der Waals surface area contributed by atoms with Gasteiger partial charge in [-0.1, -0.05) is 23.2 Å². The molecule has 112 valence electrons. The highest BCUT2D eigenvalue weighted by molar-refractivity contribution is 7.89. The Morgan fingerprint density at radius 3 is 2.30 bits per heavy atom. The van der Waals surface area contributed by atoms with Gasteiger partial charge in [-0.3, -0.25) is 4.79 Å². The third-order valence-electron chi connectivity index (χ3n) is 2.60. The number of hydrogen-bond acceptors (Lipinski definition) is 4. The van der Waals surface area contributed by atoms with E-state index in [4.69, 9.17) is 28.9 Å². The second-order valence-corrected chi connectivity index (χ2v) is 6.56. The second-order valence-electron chi connectivity index (χ2n) is 4.05. The Morgan fingerprint density at radius 1 is 1.35 bits per heavy atom. The molecular weight excluding hydrogens is 325 g/mol. The Bertz CT molecular complexity index is 596. The lowest BCUT2D eigenvalue weighted by molar-refractivity contribution is -0.128. The van der Waals surface area contributed by atoms with Gasteiger partial charge in [-0.05, 0) is 19.1 Å². The summed E-state index contributed by atoms with van der Waals surface area (Å²) in [6.07, 6.45) is 0. The number of amides is 1. The maximum Gasteiger partial charge on any atom is 0.244 e. The first-order valence-corrected chi connectivity index (χ1v) is 7.91. The number of nitrogen functional groups attached to an aromatic ring is 1. The summed E-state index contributed by atoms with van der Waals surface area (Å²) in [6.45, 7) is 1.88. The molecule has 0 heterocycles. The van der Waals surface area contributed by atoms with E-state index in [0.29, 0.717) is 6.54 Å². The number of sulfonamides is 1. The van der Waals surface area contributed by atoms with Gasteiger partial charge in [0.15, 0.2) is 0 Å². The molecule has 3 N–H and O–H groups in total. The van der Waals surface area contributed by atoms with E-state index in [-0.39, 0.29) is 33.1 Å². The Labute approximate surface area is 127 Å². The van der Waals surface area contributed by atoms with Crippen molar-refractivity contribution in [3.63, 3.8) is 0 Å². The molecule has 0 radical (unpaired) electrons. The molecule has 0 aliphatic rings. The van der Waals surface area contributed by atoms with Crippen molar-refractivity contribution in [2.24, 2.45) is 0 Å². The van der Waals surface area contributed by atoms with Crippen LogP contribution in [-0.2, 0) is 14.8 Å². The zero-order valence-electron chi connectivity index (χ0n) is 11.0. The number of anilines is 1. The van der Waals surface area contributed by atoms with E-state index >= 15 is 0 Å². The van der Waals surface area contributed by atoms with E-state index in [0.717, 1.165) is 0 Å². The third kappa shape index (κ3) is 3.99. The van der Waals surface area contributed by atoms with Gasteiger partial charge in [0.05, 0.1) is 16.6 Å². The summed E-state index contributed by atoms with van der Waals surface area (Å²) >= 11 is 11.7. The van der Waals surface area contributed by atoms with Crippen LogP contribution in [0.5, 0.6) is 0 Å². The number of likely N-dealkylation sites (N-methyl/N-ethyl adjacent to an activating group) is 1. The van der Waals surface area contributed by atoms with Gasteiger partial charge in [0.1, 0.15) is 4.90 Å². The monoisotopic (exact) mass is 339 g/mol. The maximum atomic E-state index is 12.1. The number of halogens is 2. The molecule has 0 aliphatic heterocycles. The predicted molar refractivity (Wildman–Crippen MR) is 79.4 cm³/mol. The molecule has 1 aromatic carbocycles. The van der Waals surface area contributed by atoms with Gasteiger partial charge in [0, 0.05) is 19.3 Å². The number of nitrogens with two attached hydrogens (primary N) is 1. The van der Waals surface area contributed by atoms with E-state index in [1.54, 1.807) is 14.0 Å². The molecule has 0 aromatic heterocycles. The third-order valence-corrected chi connectivity index (χ3v) is 4.92. The average molecular weight is 340 g/mol. The lowest BCUT2D eigenvalue weighted by atomic mass is 10.3. The van der Waals surface area contributed by atoms with E-state index in [1.807, 2.05) is 0 Å². The standard InChI is InChI=1S/C11H15Cl2N3O3S/c1-3-16(2)10(17)6-15-20(18,19)11-8(12)4-7(14)5-9(11)13/h4-5,15H,3,6,14H2,1-2H3. The number of nitrogens with zero attached hydrogens (tertiary/aromatic N) is 1. The first-order valence-electron chi connectivity index (χ1n) is 5.67. The van der Waals surface area contributed by atoms with Crippen molar-refractivity contribution in [1.82, 2.24) is 9.62 Å². The minimum Gasteiger partial charge on any atom is -0.399 e. The number of carbonyl (C=O) groups excluding carboxylic acids is 1. The summed E-state index contributed by atoms with van der Waals surface area (Å²) in [5.74, 6) is -0.362. The maximum absolute atomic E-state index is 12.1. The van der Waals surface area contributed by atoms with Crippen LogP contribution in [0.1, 0.15) is 6.92 Å². The number of benzene rings is 1. The minimum atomic E-state index is -3.99. The number of nitrogens with one attached hydrogen (secondary N) is 1. The summed E-state index contributed by atoms with van der Waals surface area (Å²) < 4.78 is 26.4. The van der Waals surface area contributed by atoms with Crippen LogP contribution in [0.2, 0.25) is 10.0 Å². The van der Waals surface area contributed by atoms with E-state index < -0.39 is 10.0 Å². The normalized spacial score (nSPS) is 11.4. The van der Waals surface area contributed by atoms with Gasteiger partial charge >= 0.3 is 0 Å². The predicted octanol–water partition coefficient (Wildman–Crippen LogP) is 1.33. The number of carbonyl (C=O) groups is 1. The van der Waals surface area contributed by atoms with Crippen molar-refractivity contribution in [3.8, 4) is 0 Å². The van der Waals surface area contributed by atoms with Gasteiger partial charge in [0.25, 0.3) is 0 Å². The van der Waals surface area contributed by atoms with Crippen molar-refractivity contribution in [1.29, 1.82) is 0 Å². The topological polar surface area (TPSA) is 92.5 Å². The smallest absolute Gasteiger partial charge is 0.244 e. The lowest BCUT2D eigenvalue weighted by Gasteiger charge is -2.15. The molecule has 0 saturated heterocycles. The van der Waals surface area contributed by atoms with Crippen LogP contribution >= 0.6 is 23.2 Å². The highest BCUT2D eigenvalue weighted by Crippen LogP contribution is 2.31. The average Bonchev–Trinajstić information content (AvgIpc) is 2.33. The minimum absolute atomic E-state index is 0.0983. The van der Waals surface area contributed by atoms with Crippen molar-refractivity contribution >= 4 is 44.8 Å². The van der Waals surface area contributed by atoms with Crippen LogP contribution in [0.3, 0.4) is 0 Å². The van der Waals surface area contributed by atoms with Crippen LogP contribution in [0.4, 0.5) is 5.69 Å². The fourth-order valence-electron chi connectivity index (χ4n) is 1.38. The van der Waals surface area contributed by atoms with Crippen molar-refractivity contribution in [2.75, 3.05) is 25.9 Å². The van der Waals surface area contributed by atoms with Gasteiger partial charge in [0.2, 0.25) is 15.9 Å². The lowest BCUT2D eigenvalue weighted by Crippen LogP contribution is -2.38. The molecule has 9 heteroatoms. The number of hydrogen-bond donors (Lipinski definition) is 2. The zero-order valence-corrected chi connectivity index (χ0v) is 13.3.